The maximum Gasteiger partial charge on any atom is 0.0828 e. The van der Waals surface area contributed by atoms with Crippen LogP contribution in [-0.4, -0.2) is 11.4 Å². The summed E-state index contributed by atoms with van der Waals surface area (Å²) in [6.07, 6.45) is 2.93. The zero-order valence-electron chi connectivity index (χ0n) is 7.52. The highest BCUT2D eigenvalue weighted by Gasteiger charge is 1.91. The third kappa shape index (κ3) is 6.71. The lowest BCUT2D eigenvalue weighted by molar-refractivity contribution is 1.49. The highest BCUT2D eigenvalue weighted by molar-refractivity contribution is 6.44. The second kappa shape index (κ2) is 8.82. The predicted molar refractivity (Wildman–Crippen MR) is 52.6 cm³/mol. The molecule has 0 aromatic rings. The Morgan fingerprint density at radius 2 is 1.82 bits per heavy atom. The van der Waals surface area contributed by atoms with Crippen LogP contribution in [-0.2, 0) is 0 Å². The quantitative estimate of drug-likeness (QED) is 0.604. The highest BCUT2D eigenvalue weighted by atomic mass is 14.7. The van der Waals surface area contributed by atoms with Gasteiger partial charge < -0.3 is 5.41 Å². The third-order valence-electron chi connectivity index (χ3n) is 0.808. The first kappa shape index (κ1) is 12.5. The molecular formula is C9H16N2. The van der Waals surface area contributed by atoms with Crippen LogP contribution in [0.5, 0.6) is 0 Å². The number of hydrogen-bond acceptors (Lipinski definition) is 2. The summed E-state index contributed by atoms with van der Waals surface area (Å²) in [5.74, 6) is 0. The fourth-order valence-corrected chi connectivity index (χ4v) is 0.401. The summed E-state index contributed by atoms with van der Waals surface area (Å²) in [7, 11) is 0. The molecular weight excluding hydrogens is 136 g/mol. The van der Waals surface area contributed by atoms with Gasteiger partial charge in [0.2, 0.25) is 0 Å². The number of nitrogens with one attached hydrogen (secondary N) is 1. The van der Waals surface area contributed by atoms with Crippen molar-refractivity contribution in [3.05, 3.63) is 25.4 Å². The third-order valence-corrected chi connectivity index (χ3v) is 0.808. The number of hydrogen-bond donors (Lipinski definition) is 1. The van der Waals surface area contributed by atoms with Crippen LogP contribution in [0.3, 0.4) is 0 Å². The minimum absolute atomic E-state index is 0.407. The Kier molecular flexibility index (Phi) is 10.0. The van der Waals surface area contributed by atoms with Gasteiger partial charge >= 0.3 is 0 Å². The number of nitrogens with zero attached hydrogens (tertiary/aromatic N) is 1. The van der Waals surface area contributed by atoms with E-state index in [2.05, 4.69) is 18.2 Å². The van der Waals surface area contributed by atoms with Crippen LogP contribution >= 0.6 is 0 Å². The van der Waals surface area contributed by atoms with E-state index in [1.807, 2.05) is 13.8 Å². The highest BCUT2D eigenvalue weighted by Crippen LogP contribution is 1.83. The van der Waals surface area contributed by atoms with Gasteiger partial charge in [0.05, 0.1) is 11.4 Å². The standard InChI is InChI=1S/C7H10N2.C2H6/c1-4-7(6(3)8)9-5-2;1-2/h4-5,8H,1-2H2,3H3;1-2H3. The van der Waals surface area contributed by atoms with Crippen LogP contribution in [0.4, 0.5) is 0 Å². The van der Waals surface area contributed by atoms with E-state index >= 15 is 0 Å². The van der Waals surface area contributed by atoms with E-state index in [0.717, 1.165) is 0 Å². The van der Waals surface area contributed by atoms with Crippen molar-refractivity contribution >= 4 is 11.4 Å². The molecule has 11 heavy (non-hydrogen) atoms. The Labute approximate surface area is 68.9 Å². The number of allylic oxidation sites excluding steroid dienone is 1. The topological polar surface area (TPSA) is 36.2 Å². The molecule has 0 aliphatic heterocycles. The monoisotopic (exact) mass is 152 g/mol. The molecule has 62 valence electrons. The Hall–Kier alpha value is -1.18. The lowest BCUT2D eigenvalue weighted by Gasteiger charge is -1.91. The minimum atomic E-state index is 0.407. The molecule has 0 rings (SSSR count). The molecule has 0 fully saturated rings. The average molecular weight is 152 g/mol. The normalized spacial score (nSPS) is 9.18. The van der Waals surface area contributed by atoms with Crippen molar-refractivity contribution in [2.24, 2.45) is 4.99 Å². The molecule has 0 saturated carbocycles. The van der Waals surface area contributed by atoms with Crippen LogP contribution in [0.25, 0.3) is 0 Å². The molecule has 2 nitrogen and oxygen atoms in total. The number of rotatable bonds is 3. The maximum atomic E-state index is 7.11. The van der Waals surface area contributed by atoms with Crippen molar-refractivity contribution in [2.45, 2.75) is 20.8 Å². The summed E-state index contributed by atoms with van der Waals surface area (Å²) in [5, 5.41) is 7.11. The molecule has 0 unspecified atom stereocenters. The van der Waals surface area contributed by atoms with E-state index < -0.39 is 0 Å². The largest absolute Gasteiger partial charge is 0.303 e. The van der Waals surface area contributed by atoms with Gasteiger partial charge in [-0.3, -0.25) is 4.99 Å². The molecule has 0 amide bonds. The van der Waals surface area contributed by atoms with E-state index in [1.165, 1.54) is 12.3 Å². The fourth-order valence-electron chi connectivity index (χ4n) is 0.401. The first-order valence-electron chi connectivity index (χ1n) is 3.59. The maximum absolute atomic E-state index is 7.11. The van der Waals surface area contributed by atoms with Crippen molar-refractivity contribution in [1.29, 1.82) is 5.41 Å². The first-order valence-corrected chi connectivity index (χ1v) is 3.59. The summed E-state index contributed by atoms with van der Waals surface area (Å²) < 4.78 is 0. The van der Waals surface area contributed by atoms with Crippen molar-refractivity contribution in [1.82, 2.24) is 0 Å². The molecule has 0 spiro atoms. The lowest BCUT2D eigenvalue weighted by Crippen LogP contribution is -2.03. The summed E-state index contributed by atoms with van der Waals surface area (Å²) >= 11 is 0. The molecule has 0 radical (unpaired) electrons. The summed E-state index contributed by atoms with van der Waals surface area (Å²) in [6.45, 7) is 12.5. The molecule has 0 aromatic heterocycles. The minimum Gasteiger partial charge on any atom is -0.303 e. The van der Waals surface area contributed by atoms with Crippen LogP contribution in [0, 0.1) is 5.41 Å². The molecule has 0 saturated heterocycles. The second-order valence-electron chi connectivity index (χ2n) is 1.53. The van der Waals surface area contributed by atoms with E-state index in [4.69, 9.17) is 5.41 Å². The van der Waals surface area contributed by atoms with Gasteiger partial charge in [-0.05, 0) is 13.0 Å². The van der Waals surface area contributed by atoms with E-state index in [9.17, 15) is 0 Å². The Morgan fingerprint density at radius 3 is 1.91 bits per heavy atom. The van der Waals surface area contributed by atoms with Gasteiger partial charge in [0.25, 0.3) is 0 Å². The Morgan fingerprint density at radius 1 is 1.36 bits per heavy atom. The fraction of sp³-hybridized carbons (Fsp3) is 0.333. The van der Waals surface area contributed by atoms with Gasteiger partial charge in [-0.2, -0.15) is 0 Å². The molecule has 1 N–H and O–H groups in total. The zero-order valence-corrected chi connectivity index (χ0v) is 7.52. The van der Waals surface area contributed by atoms with Crippen molar-refractivity contribution in [3.8, 4) is 0 Å². The van der Waals surface area contributed by atoms with Gasteiger partial charge in [0.1, 0.15) is 0 Å². The van der Waals surface area contributed by atoms with Crippen molar-refractivity contribution in [3.63, 3.8) is 0 Å². The van der Waals surface area contributed by atoms with Crippen LogP contribution < -0.4 is 0 Å². The van der Waals surface area contributed by atoms with Gasteiger partial charge in [-0.25, -0.2) is 0 Å². The van der Waals surface area contributed by atoms with Crippen LogP contribution in [0.1, 0.15) is 20.8 Å². The van der Waals surface area contributed by atoms with Gasteiger partial charge in [-0.15, -0.1) is 0 Å². The van der Waals surface area contributed by atoms with Crippen LogP contribution in [0.15, 0.2) is 30.4 Å². The summed E-state index contributed by atoms with van der Waals surface area (Å²) in [5.41, 5.74) is 0.981. The summed E-state index contributed by atoms with van der Waals surface area (Å²) in [6, 6.07) is 0. The molecule has 2 heteroatoms. The molecule has 0 aromatic carbocycles. The van der Waals surface area contributed by atoms with Crippen molar-refractivity contribution in [2.75, 3.05) is 0 Å². The summed E-state index contributed by atoms with van der Waals surface area (Å²) in [4.78, 5) is 3.78. The van der Waals surface area contributed by atoms with E-state index in [1.54, 1.807) is 6.92 Å². The molecule has 0 bridgehead atoms. The SMILES string of the molecule is C=CN=C(C=C)C(C)=N.CC. The lowest BCUT2D eigenvalue weighted by atomic mass is 10.2. The van der Waals surface area contributed by atoms with E-state index in [0.29, 0.717) is 11.4 Å². The zero-order chi connectivity index (χ0) is 9.28. The molecule has 0 aliphatic carbocycles. The Balaban J connectivity index is 0. The average Bonchev–Trinajstić information content (AvgIpc) is 2.03. The van der Waals surface area contributed by atoms with Gasteiger partial charge in [0, 0.05) is 6.20 Å². The van der Waals surface area contributed by atoms with Crippen LogP contribution in [0.2, 0.25) is 0 Å². The first-order chi connectivity index (χ1) is 5.22. The molecule has 0 atom stereocenters. The van der Waals surface area contributed by atoms with Gasteiger partial charge in [-0.1, -0.05) is 27.0 Å². The Bertz CT molecular complexity index is 166. The van der Waals surface area contributed by atoms with Crippen molar-refractivity contribution < 1.29 is 0 Å². The number of aliphatic imine (C=N–C) groups is 1. The smallest absolute Gasteiger partial charge is 0.0828 e. The van der Waals surface area contributed by atoms with Gasteiger partial charge in [0.15, 0.2) is 0 Å². The second-order valence-corrected chi connectivity index (χ2v) is 1.53. The molecule has 0 aliphatic rings. The molecule has 0 heterocycles. The predicted octanol–water partition coefficient (Wildman–Crippen LogP) is 2.82. The van der Waals surface area contributed by atoms with E-state index in [-0.39, 0.29) is 0 Å².